The van der Waals surface area contributed by atoms with E-state index in [2.05, 4.69) is 0 Å². The van der Waals surface area contributed by atoms with Gasteiger partial charge in [0, 0.05) is 6.61 Å². The zero-order chi connectivity index (χ0) is 12.6. The highest BCUT2D eigenvalue weighted by atomic mass is 35.5. The normalized spacial score (nSPS) is 13.6. The van der Waals surface area contributed by atoms with Crippen molar-refractivity contribution in [1.82, 2.24) is 0 Å². The number of benzene rings is 1. The van der Waals surface area contributed by atoms with Crippen LogP contribution in [0, 0.1) is 11.8 Å². The summed E-state index contributed by atoms with van der Waals surface area (Å²) in [5.74, 6) is 0.792. The quantitative estimate of drug-likeness (QED) is 0.880. The van der Waals surface area contributed by atoms with Crippen LogP contribution in [0.25, 0.3) is 0 Å². The summed E-state index contributed by atoms with van der Waals surface area (Å²) in [4.78, 5) is 0. The topological polar surface area (TPSA) is 46.2 Å². The van der Waals surface area contributed by atoms with E-state index in [0.29, 0.717) is 28.4 Å². The molecule has 0 aliphatic heterocycles. The lowest BCUT2D eigenvalue weighted by Gasteiger charge is -2.13. The second kappa shape index (κ2) is 8.82. The Hall–Kier alpha value is -0.280. The van der Waals surface area contributed by atoms with Crippen molar-refractivity contribution >= 4 is 23.2 Å². The van der Waals surface area contributed by atoms with Crippen LogP contribution in [0.1, 0.15) is 13.8 Å². The fraction of sp³-hybridized carbons (Fsp3) is 0.500. The van der Waals surface area contributed by atoms with Gasteiger partial charge in [0.1, 0.15) is 0 Å². The first kappa shape index (κ1) is 15.7. The molecule has 2 unspecified atom stereocenters. The van der Waals surface area contributed by atoms with Gasteiger partial charge in [-0.05, 0) is 30.5 Å². The summed E-state index contributed by atoms with van der Waals surface area (Å²) in [5, 5.41) is 9.79. The molecule has 1 aromatic carbocycles. The smallest absolute Gasteiger partial charge is 0.0592 e. The SMILES string of the molecule is CC(CN)C(C)CO.Clc1ccccc1Cl. The fourth-order valence-corrected chi connectivity index (χ4v) is 1.12. The summed E-state index contributed by atoms with van der Waals surface area (Å²) in [6.07, 6.45) is 0. The summed E-state index contributed by atoms with van der Waals surface area (Å²) >= 11 is 11.2. The molecule has 1 aromatic rings. The standard InChI is InChI=1S/C6H4Cl2.C6H15NO/c7-5-3-1-2-4-6(5)8;1-5(3-7)6(2)4-8/h1-4H;5-6,8H,3-4,7H2,1-2H3. The molecule has 4 heteroatoms. The average Bonchev–Trinajstić information content (AvgIpc) is 2.31. The van der Waals surface area contributed by atoms with E-state index in [4.69, 9.17) is 34.0 Å². The van der Waals surface area contributed by atoms with Crippen LogP contribution >= 0.6 is 23.2 Å². The Labute approximate surface area is 107 Å². The number of aliphatic hydroxyl groups is 1. The van der Waals surface area contributed by atoms with Crippen LogP contribution in [-0.4, -0.2) is 18.3 Å². The molecule has 1 rings (SSSR count). The zero-order valence-corrected chi connectivity index (χ0v) is 11.2. The molecule has 3 N–H and O–H groups in total. The molecule has 0 saturated heterocycles. The van der Waals surface area contributed by atoms with Crippen LogP contribution in [0.5, 0.6) is 0 Å². The first-order chi connectivity index (χ1) is 7.52. The van der Waals surface area contributed by atoms with Crippen LogP contribution < -0.4 is 5.73 Å². The minimum Gasteiger partial charge on any atom is -0.396 e. The van der Waals surface area contributed by atoms with Gasteiger partial charge in [0.05, 0.1) is 10.0 Å². The molecular formula is C12H19Cl2NO. The minimum atomic E-state index is 0.248. The third-order valence-electron chi connectivity index (χ3n) is 2.46. The first-order valence-corrected chi connectivity index (χ1v) is 5.99. The van der Waals surface area contributed by atoms with Crippen molar-refractivity contribution in [3.05, 3.63) is 34.3 Å². The first-order valence-electron chi connectivity index (χ1n) is 5.23. The summed E-state index contributed by atoms with van der Waals surface area (Å²) in [6, 6.07) is 7.19. The highest BCUT2D eigenvalue weighted by molar-refractivity contribution is 6.41. The van der Waals surface area contributed by atoms with Gasteiger partial charge in [-0.1, -0.05) is 49.2 Å². The lowest BCUT2D eigenvalue weighted by atomic mass is 9.97. The van der Waals surface area contributed by atoms with E-state index < -0.39 is 0 Å². The molecule has 0 bridgehead atoms. The number of hydrogen-bond donors (Lipinski definition) is 2. The molecule has 0 saturated carbocycles. The molecule has 0 aliphatic rings. The summed E-state index contributed by atoms with van der Waals surface area (Å²) in [6.45, 7) is 4.96. The molecule has 2 nitrogen and oxygen atoms in total. The van der Waals surface area contributed by atoms with Gasteiger partial charge in [0.15, 0.2) is 0 Å². The Morgan fingerprint density at radius 2 is 1.56 bits per heavy atom. The van der Waals surface area contributed by atoms with E-state index in [1.807, 2.05) is 26.0 Å². The third-order valence-corrected chi connectivity index (χ3v) is 3.21. The van der Waals surface area contributed by atoms with Gasteiger partial charge in [-0.15, -0.1) is 0 Å². The van der Waals surface area contributed by atoms with Gasteiger partial charge in [-0.3, -0.25) is 0 Å². The molecule has 0 aliphatic carbocycles. The maximum atomic E-state index is 8.58. The van der Waals surface area contributed by atoms with Crippen LogP contribution in [0.15, 0.2) is 24.3 Å². The number of halogens is 2. The predicted molar refractivity (Wildman–Crippen MR) is 70.9 cm³/mol. The Morgan fingerprint density at radius 1 is 1.12 bits per heavy atom. The van der Waals surface area contributed by atoms with Gasteiger partial charge in [-0.25, -0.2) is 0 Å². The van der Waals surface area contributed by atoms with Crippen LogP contribution in [0.3, 0.4) is 0 Å². The number of aliphatic hydroxyl groups excluding tert-OH is 1. The van der Waals surface area contributed by atoms with Crippen molar-refractivity contribution in [3.63, 3.8) is 0 Å². The lowest BCUT2D eigenvalue weighted by Crippen LogP contribution is -2.20. The Bertz CT molecular complexity index is 265. The largest absolute Gasteiger partial charge is 0.396 e. The molecule has 0 spiro atoms. The van der Waals surface area contributed by atoms with E-state index in [9.17, 15) is 0 Å². The second-order valence-corrected chi connectivity index (χ2v) is 4.60. The summed E-state index contributed by atoms with van der Waals surface area (Å²) in [5.41, 5.74) is 5.34. The van der Waals surface area contributed by atoms with Gasteiger partial charge in [-0.2, -0.15) is 0 Å². The summed E-state index contributed by atoms with van der Waals surface area (Å²) in [7, 11) is 0. The minimum absolute atomic E-state index is 0.248. The monoisotopic (exact) mass is 263 g/mol. The van der Waals surface area contributed by atoms with Gasteiger partial charge < -0.3 is 10.8 Å². The number of nitrogens with two attached hydrogens (primary N) is 1. The van der Waals surface area contributed by atoms with E-state index in [-0.39, 0.29) is 6.61 Å². The molecule has 0 amide bonds. The van der Waals surface area contributed by atoms with Crippen molar-refractivity contribution < 1.29 is 5.11 Å². The molecule has 0 heterocycles. The van der Waals surface area contributed by atoms with Crippen molar-refractivity contribution in [2.24, 2.45) is 17.6 Å². The Morgan fingerprint density at radius 3 is 1.75 bits per heavy atom. The predicted octanol–water partition coefficient (Wildman–Crippen LogP) is 3.20. The molecule has 92 valence electrons. The van der Waals surface area contributed by atoms with Crippen LogP contribution in [0.4, 0.5) is 0 Å². The maximum absolute atomic E-state index is 8.58. The Kier molecular flexibility index (Phi) is 8.67. The maximum Gasteiger partial charge on any atom is 0.0592 e. The third kappa shape index (κ3) is 6.33. The number of rotatable bonds is 3. The molecule has 0 fully saturated rings. The van der Waals surface area contributed by atoms with E-state index in [1.165, 1.54) is 0 Å². The zero-order valence-electron chi connectivity index (χ0n) is 9.66. The molecule has 16 heavy (non-hydrogen) atoms. The van der Waals surface area contributed by atoms with E-state index in [0.717, 1.165) is 0 Å². The van der Waals surface area contributed by atoms with Crippen molar-refractivity contribution in [3.8, 4) is 0 Å². The van der Waals surface area contributed by atoms with Crippen molar-refractivity contribution in [2.45, 2.75) is 13.8 Å². The van der Waals surface area contributed by atoms with E-state index in [1.54, 1.807) is 12.1 Å². The average molecular weight is 264 g/mol. The lowest BCUT2D eigenvalue weighted by molar-refractivity contribution is 0.198. The fourth-order valence-electron chi connectivity index (χ4n) is 0.852. The highest BCUT2D eigenvalue weighted by Gasteiger charge is 2.07. The molecule has 0 aromatic heterocycles. The number of hydrogen-bond acceptors (Lipinski definition) is 2. The van der Waals surface area contributed by atoms with Crippen molar-refractivity contribution in [1.29, 1.82) is 0 Å². The van der Waals surface area contributed by atoms with Crippen LogP contribution in [0.2, 0.25) is 10.0 Å². The highest BCUT2D eigenvalue weighted by Crippen LogP contribution is 2.19. The molecule has 0 radical (unpaired) electrons. The molecular weight excluding hydrogens is 245 g/mol. The van der Waals surface area contributed by atoms with E-state index >= 15 is 0 Å². The molecule has 2 atom stereocenters. The van der Waals surface area contributed by atoms with Crippen LogP contribution in [-0.2, 0) is 0 Å². The van der Waals surface area contributed by atoms with Crippen molar-refractivity contribution in [2.75, 3.05) is 13.2 Å². The van der Waals surface area contributed by atoms with Gasteiger partial charge in [0.25, 0.3) is 0 Å². The second-order valence-electron chi connectivity index (χ2n) is 3.79. The summed E-state index contributed by atoms with van der Waals surface area (Å²) < 4.78 is 0. The van der Waals surface area contributed by atoms with Gasteiger partial charge >= 0.3 is 0 Å². The Balaban J connectivity index is 0.000000281. The van der Waals surface area contributed by atoms with Gasteiger partial charge in [0.2, 0.25) is 0 Å².